The van der Waals surface area contributed by atoms with Gasteiger partial charge in [-0.25, -0.2) is 9.18 Å². The second-order valence-corrected chi connectivity index (χ2v) is 3.27. The zero-order valence-corrected chi connectivity index (χ0v) is 8.21. The van der Waals surface area contributed by atoms with Crippen LogP contribution in [0.4, 0.5) is 4.39 Å². The number of aliphatic carboxylic acids is 1. The number of phenolic OH excluding ortho intramolecular Hbond substituents is 1. The van der Waals surface area contributed by atoms with Gasteiger partial charge in [0.2, 0.25) is 0 Å². The first-order chi connectivity index (χ1) is 6.43. The van der Waals surface area contributed by atoms with Gasteiger partial charge in [-0.2, -0.15) is 0 Å². The molecule has 74 valence electrons. The molecule has 0 unspecified atom stereocenters. The van der Waals surface area contributed by atoms with E-state index in [1.165, 1.54) is 0 Å². The van der Waals surface area contributed by atoms with Gasteiger partial charge in [0.15, 0.2) is 0 Å². The Hall–Kier alpha value is -1.43. The van der Waals surface area contributed by atoms with Crippen molar-refractivity contribution in [2.24, 2.45) is 0 Å². The molecule has 0 bridgehead atoms. The summed E-state index contributed by atoms with van der Waals surface area (Å²) < 4.78 is 12.7. The maximum absolute atomic E-state index is 12.8. The number of hydrogen-bond donors (Lipinski definition) is 2. The van der Waals surface area contributed by atoms with E-state index in [4.69, 9.17) is 10.2 Å². The van der Waals surface area contributed by atoms with Gasteiger partial charge in [0, 0.05) is 6.07 Å². The Morgan fingerprint density at radius 3 is 2.43 bits per heavy atom. The molecule has 0 spiro atoms. The van der Waals surface area contributed by atoms with E-state index in [1.807, 2.05) is 0 Å². The fourth-order valence-corrected chi connectivity index (χ4v) is 1.18. The molecule has 4 nitrogen and oxygen atoms in total. The third-order valence-corrected chi connectivity index (χ3v) is 2.09. The lowest BCUT2D eigenvalue weighted by Crippen LogP contribution is -2.13. The smallest absolute Gasteiger partial charge is 0.377 e. The molecule has 1 rings (SSSR count). The minimum Gasteiger partial charge on any atom is -0.507 e. The van der Waals surface area contributed by atoms with E-state index in [0.29, 0.717) is 6.07 Å². The maximum Gasteiger partial charge on any atom is 0.377 e. The van der Waals surface area contributed by atoms with Gasteiger partial charge < -0.3 is 10.2 Å². The number of halogens is 2. The van der Waals surface area contributed by atoms with Gasteiger partial charge in [-0.3, -0.25) is 4.79 Å². The molecule has 0 atom stereocenters. The Balaban J connectivity index is 3.29. The summed E-state index contributed by atoms with van der Waals surface area (Å²) in [6.45, 7) is 0. The second-order valence-electron chi connectivity index (χ2n) is 2.42. The Morgan fingerprint density at radius 1 is 1.36 bits per heavy atom. The van der Waals surface area contributed by atoms with Crippen LogP contribution in [0.15, 0.2) is 16.6 Å². The SMILES string of the molecule is O=C(O)C(=O)c1cc(Br)c(F)cc1O. The Morgan fingerprint density at radius 2 is 1.93 bits per heavy atom. The fraction of sp³-hybridized carbons (Fsp3) is 0. The van der Waals surface area contributed by atoms with Gasteiger partial charge in [-0.15, -0.1) is 0 Å². The molecule has 0 radical (unpaired) electrons. The van der Waals surface area contributed by atoms with Crippen LogP contribution in [-0.4, -0.2) is 22.0 Å². The van der Waals surface area contributed by atoms with Crippen LogP contribution >= 0.6 is 15.9 Å². The normalized spacial score (nSPS) is 9.86. The zero-order valence-electron chi connectivity index (χ0n) is 6.62. The minimum atomic E-state index is -1.71. The Bertz CT molecular complexity index is 416. The summed E-state index contributed by atoms with van der Waals surface area (Å²) in [7, 11) is 0. The molecule has 0 saturated carbocycles. The molecule has 0 saturated heterocycles. The van der Waals surface area contributed by atoms with Gasteiger partial charge >= 0.3 is 5.97 Å². The van der Waals surface area contributed by atoms with Crippen molar-refractivity contribution < 1.29 is 24.2 Å². The Labute approximate surface area is 86.1 Å². The van der Waals surface area contributed by atoms with Crippen LogP contribution in [-0.2, 0) is 4.79 Å². The molecule has 0 heterocycles. The molecule has 1 aromatic carbocycles. The summed E-state index contributed by atoms with van der Waals surface area (Å²) in [5.41, 5.74) is -0.453. The highest BCUT2D eigenvalue weighted by Crippen LogP contribution is 2.25. The largest absolute Gasteiger partial charge is 0.507 e. The molecular formula is C8H4BrFO4. The minimum absolute atomic E-state index is 0.0834. The third-order valence-electron chi connectivity index (χ3n) is 1.48. The summed E-state index contributed by atoms with van der Waals surface area (Å²) in [4.78, 5) is 21.2. The van der Waals surface area contributed by atoms with Crippen LogP contribution in [0.5, 0.6) is 5.75 Å². The van der Waals surface area contributed by atoms with E-state index in [0.717, 1.165) is 6.07 Å². The molecule has 0 aliphatic heterocycles. The average Bonchev–Trinajstić information content (AvgIpc) is 2.10. The lowest BCUT2D eigenvalue weighted by Gasteiger charge is -2.01. The van der Waals surface area contributed by atoms with E-state index < -0.39 is 28.9 Å². The quantitative estimate of drug-likeness (QED) is 0.627. The first kappa shape index (κ1) is 10.6. The van der Waals surface area contributed by atoms with E-state index in [9.17, 15) is 14.0 Å². The van der Waals surface area contributed by atoms with Crippen molar-refractivity contribution in [3.63, 3.8) is 0 Å². The molecule has 0 fully saturated rings. The first-order valence-electron chi connectivity index (χ1n) is 3.39. The second kappa shape index (κ2) is 3.75. The van der Waals surface area contributed by atoms with Crippen molar-refractivity contribution in [1.82, 2.24) is 0 Å². The van der Waals surface area contributed by atoms with Crippen LogP contribution in [0, 0.1) is 5.82 Å². The van der Waals surface area contributed by atoms with E-state index in [2.05, 4.69) is 15.9 Å². The van der Waals surface area contributed by atoms with Crippen molar-refractivity contribution in [3.05, 3.63) is 28.0 Å². The molecular weight excluding hydrogens is 259 g/mol. The molecule has 1 aromatic rings. The third kappa shape index (κ3) is 1.90. The van der Waals surface area contributed by atoms with Gasteiger partial charge in [0.25, 0.3) is 5.78 Å². The lowest BCUT2D eigenvalue weighted by atomic mass is 10.1. The number of Topliss-reactive ketones (excluding diaryl/α,β-unsaturated/α-hetero) is 1. The van der Waals surface area contributed by atoms with E-state index in [-0.39, 0.29) is 4.47 Å². The molecule has 6 heteroatoms. The number of ketones is 1. The molecule has 2 N–H and O–H groups in total. The predicted molar refractivity (Wildman–Crippen MR) is 47.7 cm³/mol. The monoisotopic (exact) mass is 262 g/mol. The van der Waals surface area contributed by atoms with Crippen LogP contribution in [0.25, 0.3) is 0 Å². The molecule has 0 aliphatic rings. The van der Waals surface area contributed by atoms with Gasteiger partial charge in [0.1, 0.15) is 11.6 Å². The molecule has 0 aliphatic carbocycles. The van der Waals surface area contributed by atoms with E-state index in [1.54, 1.807) is 0 Å². The van der Waals surface area contributed by atoms with Crippen LogP contribution in [0.3, 0.4) is 0 Å². The number of rotatable bonds is 2. The van der Waals surface area contributed by atoms with E-state index >= 15 is 0 Å². The standard InChI is InChI=1S/C8H4BrFO4/c9-4-1-3(7(12)8(13)14)6(11)2-5(4)10/h1-2,11H,(H,13,14). The highest BCUT2D eigenvalue weighted by Gasteiger charge is 2.20. The fourth-order valence-electron chi connectivity index (χ4n) is 0.833. The number of phenols is 1. The van der Waals surface area contributed by atoms with Crippen molar-refractivity contribution in [3.8, 4) is 5.75 Å². The summed E-state index contributed by atoms with van der Waals surface area (Å²) in [6.07, 6.45) is 0. The maximum atomic E-state index is 12.8. The molecule has 0 amide bonds. The number of carboxylic acids is 1. The van der Waals surface area contributed by atoms with Crippen molar-refractivity contribution in [2.75, 3.05) is 0 Å². The van der Waals surface area contributed by atoms with Gasteiger partial charge in [-0.1, -0.05) is 0 Å². The first-order valence-corrected chi connectivity index (χ1v) is 4.18. The number of carbonyl (C=O) groups is 2. The number of benzene rings is 1. The topological polar surface area (TPSA) is 74.6 Å². The highest BCUT2D eigenvalue weighted by molar-refractivity contribution is 9.10. The summed E-state index contributed by atoms with van der Waals surface area (Å²) in [5, 5.41) is 17.4. The van der Waals surface area contributed by atoms with Gasteiger partial charge in [0.05, 0.1) is 10.0 Å². The van der Waals surface area contributed by atoms with Crippen LogP contribution < -0.4 is 0 Å². The average molecular weight is 263 g/mol. The number of aromatic hydroxyl groups is 1. The molecule has 14 heavy (non-hydrogen) atoms. The number of carbonyl (C=O) groups excluding carboxylic acids is 1. The predicted octanol–water partition coefficient (Wildman–Crippen LogP) is 1.56. The van der Waals surface area contributed by atoms with Gasteiger partial charge in [-0.05, 0) is 22.0 Å². The highest BCUT2D eigenvalue weighted by atomic mass is 79.9. The Kier molecular flexibility index (Phi) is 2.85. The van der Waals surface area contributed by atoms with Crippen molar-refractivity contribution in [1.29, 1.82) is 0 Å². The zero-order chi connectivity index (χ0) is 10.9. The number of hydrogen-bond acceptors (Lipinski definition) is 3. The van der Waals surface area contributed by atoms with Crippen LogP contribution in [0.1, 0.15) is 10.4 Å². The lowest BCUT2D eigenvalue weighted by molar-refractivity contribution is -0.131. The number of carboxylic acid groups (broad SMARTS) is 1. The van der Waals surface area contributed by atoms with Crippen molar-refractivity contribution >= 4 is 27.7 Å². The molecule has 0 aromatic heterocycles. The summed E-state index contributed by atoms with van der Waals surface area (Å²) in [5.74, 6) is -4.47. The summed E-state index contributed by atoms with van der Waals surface area (Å²) in [6, 6.07) is 1.58. The summed E-state index contributed by atoms with van der Waals surface area (Å²) >= 11 is 2.77. The van der Waals surface area contributed by atoms with Crippen molar-refractivity contribution in [2.45, 2.75) is 0 Å². The van der Waals surface area contributed by atoms with Crippen LogP contribution in [0.2, 0.25) is 0 Å².